The SMILES string of the molecule is CC(C)N[SiH2]C(c1ccccc1)c1ccccc1. The van der Waals surface area contributed by atoms with Crippen molar-refractivity contribution >= 4 is 9.68 Å². The Bertz CT molecular complexity index is 414. The molecular formula is C16H21NSi. The summed E-state index contributed by atoms with van der Waals surface area (Å²) in [6.07, 6.45) is 0. The van der Waals surface area contributed by atoms with E-state index in [2.05, 4.69) is 79.5 Å². The van der Waals surface area contributed by atoms with Crippen LogP contribution >= 0.6 is 0 Å². The molecule has 2 aromatic carbocycles. The highest BCUT2D eigenvalue weighted by atomic mass is 28.2. The van der Waals surface area contributed by atoms with Crippen molar-refractivity contribution in [2.75, 3.05) is 0 Å². The van der Waals surface area contributed by atoms with Crippen LogP contribution in [0.15, 0.2) is 60.7 Å². The van der Waals surface area contributed by atoms with Crippen molar-refractivity contribution in [3.05, 3.63) is 71.8 Å². The standard InChI is InChI=1S/C16H21NSi/c1-13(2)17-18-16(14-9-5-3-6-10-14)15-11-7-4-8-12-15/h3-13,16-17H,18H2,1-2H3. The fraction of sp³-hybridized carbons (Fsp3) is 0.250. The second-order valence-corrected chi connectivity index (χ2v) is 6.57. The van der Waals surface area contributed by atoms with E-state index < -0.39 is 0 Å². The molecule has 0 saturated carbocycles. The monoisotopic (exact) mass is 255 g/mol. The normalized spacial score (nSPS) is 11.8. The first-order chi connectivity index (χ1) is 8.77. The van der Waals surface area contributed by atoms with Gasteiger partial charge in [0.1, 0.15) is 9.68 Å². The third-order valence-electron chi connectivity index (χ3n) is 3.13. The van der Waals surface area contributed by atoms with E-state index >= 15 is 0 Å². The minimum atomic E-state index is -0.369. The first kappa shape index (κ1) is 13.1. The molecule has 2 rings (SSSR count). The van der Waals surface area contributed by atoms with Crippen molar-refractivity contribution in [2.45, 2.75) is 25.4 Å². The van der Waals surface area contributed by atoms with Gasteiger partial charge in [-0.25, -0.2) is 0 Å². The van der Waals surface area contributed by atoms with Crippen molar-refractivity contribution < 1.29 is 0 Å². The largest absolute Gasteiger partial charge is 0.339 e. The van der Waals surface area contributed by atoms with Gasteiger partial charge in [0.25, 0.3) is 0 Å². The zero-order valence-electron chi connectivity index (χ0n) is 11.1. The minimum absolute atomic E-state index is 0.369. The van der Waals surface area contributed by atoms with Gasteiger partial charge in [-0.1, -0.05) is 74.5 Å². The lowest BCUT2D eigenvalue weighted by Gasteiger charge is -2.19. The van der Waals surface area contributed by atoms with Gasteiger partial charge in [-0.15, -0.1) is 0 Å². The van der Waals surface area contributed by atoms with Gasteiger partial charge in [-0.3, -0.25) is 0 Å². The maximum absolute atomic E-state index is 3.68. The summed E-state index contributed by atoms with van der Waals surface area (Å²) in [5, 5.41) is 0. The Morgan fingerprint density at radius 2 is 1.22 bits per heavy atom. The van der Waals surface area contributed by atoms with Crippen LogP contribution in [0.2, 0.25) is 0 Å². The third-order valence-corrected chi connectivity index (χ3v) is 5.54. The molecule has 0 unspecified atom stereocenters. The highest BCUT2D eigenvalue weighted by Gasteiger charge is 2.14. The minimum Gasteiger partial charge on any atom is -0.339 e. The summed E-state index contributed by atoms with van der Waals surface area (Å²) >= 11 is 0. The number of rotatable bonds is 5. The summed E-state index contributed by atoms with van der Waals surface area (Å²) in [6.45, 7) is 4.44. The van der Waals surface area contributed by atoms with E-state index in [0.29, 0.717) is 11.6 Å². The predicted molar refractivity (Wildman–Crippen MR) is 81.5 cm³/mol. The number of benzene rings is 2. The van der Waals surface area contributed by atoms with Crippen molar-refractivity contribution in [1.29, 1.82) is 0 Å². The Balaban J connectivity index is 2.24. The molecule has 0 fully saturated rings. The predicted octanol–water partition coefficient (Wildman–Crippen LogP) is 2.86. The Hall–Kier alpha value is -1.38. The van der Waals surface area contributed by atoms with Crippen LogP contribution in [0.4, 0.5) is 0 Å². The van der Waals surface area contributed by atoms with Gasteiger partial charge in [-0.05, 0) is 17.2 Å². The summed E-state index contributed by atoms with van der Waals surface area (Å²) in [7, 11) is -0.369. The lowest BCUT2D eigenvalue weighted by molar-refractivity contribution is 0.744. The molecular weight excluding hydrogens is 234 g/mol. The molecule has 94 valence electrons. The van der Waals surface area contributed by atoms with Gasteiger partial charge in [-0.2, -0.15) is 0 Å². The average Bonchev–Trinajstić information content (AvgIpc) is 2.41. The highest BCUT2D eigenvalue weighted by molar-refractivity contribution is 6.36. The average molecular weight is 255 g/mol. The molecule has 0 aliphatic heterocycles. The Kier molecular flexibility index (Phi) is 4.73. The van der Waals surface area contributed by atoms with Gasteiger partial charge in [0.15, 0.2) is 0 Å². The first-order valence-corrected chi connectivity index (χ1v) is 8.13. The molecule has 1 nitrogen and oxygen atoms in total. The maximum Gasteiger partial charge on any atom is 0.104 e. The topological polar surface area (TPSA) is 12.0 Å². The molecule has 0 aliphatic rings. The van der Waals surface area contributed by atoms with Crippen LogP contribution in [-0.4, -0.2) is 15.7 Å². The zero-order chi connectivity index (χ0) is 12.8. The quantitative estimate of drug-likeness (QED) is 0.810. The number of hydrogen-bond acceptors (Lipinski definition) is 1. The molecule has 0 atom stereocenters. The smallest absolute Gasteiger partial charge is 0.104 e. The summed E-state index contributed by atoms with van der Waals surface area (Å²) in [5.74, 6) is 0. The van der Waals surface area contributed by atoms with Crippen molar-refractivity contribution in [3.8, 4) is 0 Å². The Morgan fingerprint density at radius 1 is 0.778 bits per heavy atom. The fourth-order valence-corrected chi connectivity index (χ4v) is 3.88. The molecule has 2 aromatic rings. The van der Waals surface area contributed by atoms with E-state index in [9.17, 15) is 0 Å². The molecule has 0 amide bonds. The second kappa shape index (κ2) is 6.52. The van der Waals surface area contributed by atoms with Gasteiger partial charge in [0, 0.05) is 5.54 Å². The lowest BCUT2D eigenvalue weighted by Crippen LogP contribution is -2.32. The molecule has 0 bridgehead atoms. The summed E-state index contributed by atoms with van der Waals surface area (Å²) < 4.78 is 0. The van der Waals surface area contributed by atoms with Crippen LogP contribution in [0.25, 0.3) is 0 Å². The van der Waals surface area contributed by atoms with E-state index in [1.165, 1.54) is 11.1 Å². The Morgan fingerprint density at radius 3 is 1.61 bits per heavy atom. The lowest BCUT2D eigenvalue weighted by atomic mass is 10.0. The highest BCUT2D eigenvalue weighted by Crippen LogP contribution is 2.22. The summed E-state index contributed by atoms with van der Waals surface area (Å²) in [6, 6.07) is 22.3. The van der Waals surface area contributed by atoms with Crippen LogP contribution in [0.3, 0.4) is 0 Å². The Labute approximate surface area is 112 Å². The summed E-state index contributed by atoms with van der Waals surface area (Å²) in [4.78, 5) is 3.68. The van der Waals surface area contributed by atoms with Crippen molar-refractivity contribution in [3.63, 3.8) is 0 Å². The van der Waals surface area contributed by atoms with Crippen LogP contribution in [-0.2, 0) is 0 Å². The maximum atomic E-state index is 3.68. The van der Waals surface area contributed by atoms with Crippen molar-refractivity contribution in [2.24, 2.45) is 0 Å². The van der Waals surface area contributed by atoms with Crippen molar-refractivity contribution in [1.82, 2.24) is 4.98 Å². The third kappa shape index (κ3) is 3.55. The first-order valence-electron chi connectivity index (χ1n) is 6.60. The van der Waals surface area contributed by atoms with E-state index in [1.54, 1.807) is 0 Å². The summed E-state index contributed by atoms with van der Waals surface area (Å²) in [5.41, 5.74) is 3.43. The molecule has 0 aliphatic carbocycles. The molecule has 0 saturated heterocycles. The van der Waals surface area contributed by atoms with Crippen LogP contribution in [0.1, 0.15) is 30.5 Å². The fourth-order valence-electron chi connectivity index (χ4n) is 2.15. The molecule has 18 heavy (non-hydrogen) atoms. The van der Waals surface area contributed by atoms with Crippen LogP contribution in [0.5, 0.6) is 0 Å². The van der Waals surface area contributed by atoms with Crippen LogP contribution in [0, 0.1) is 0 Å². The molecule has 0 heterocycles. The molecule has 0 spiro atoms. The van der Waals surface area contributed by atoms with Crippen LogP contribution < -0.4 is 4.98 Å². The molecule has 1 N–H and O–H groups in total. The van der Waals surface area contributed by atoms with E-state index in [1.807, 2.05) is 0 Å². The van der Waals surface area contributed by atoms with E-state index in [4.69, 9.17) is 0 Å². The second-order valence-electron chi connectivity index (χ2n) is 4.94. The zero-order valence-corrected chi connectivity index (χ0v) is 12.5. The van der Waals surface area contributed by atoms with E-state index in [0.717, 1.165) is 0 Å². The van der Waals surface area contributed by atoms with Gasteiger partial charge >= 0.3 is 0 Å². The van der Waals surface area contributed by atoms with Gasteiger partial charge in [0.2, 0.25) is 0 Å². The van der Waals surface area contributed by atoms with Gasteiger partial charge < -0.3 is 4.98 Å². The molecule has 0 aromatic heterocycles. The van der Waals surface area contributed by atoms with Gasteiger partial charge in [0.05, 0.1) is 0 Å². The molecule has 2 heteroatoms. The molecule has 0 radical (unpaired) electrons. The number of nitrogens with one attached hydrogen (secondary N) is 1. The number of hydrogen-bond donors (Lipinski definition) is 1. The van der Waals surface area contributed by atoms with E-state index in [-0.39, 0.29) is 9.68 Å².